The van der Waals surface area contributed by atoms with E-state index in [1.807, 2.05) is 13.8 Å². The fourth-order valence-corrected chi connectivity index (χ4v) is 5.15. The van der Waals surface area contributed by atoms with E-state index in [0.717, 1.165) is 5.56 Å². The molecule has 1 atom stereocenters. The number of amides is 2. The van der Waals surface area contributed by atoms with Crippen molar-refractivity contribution in [2.24, 2.45) is 0 Å². The topological polar surface area (TPSA) is 174 Å². The van der Waals surface area contributed by atoms with Crippen LogP contribution in [0.15, 0.2) is 24.3 Å². The Balaban J connectivity index is 0.00000352. The number of hydrogen-bond acceptors (Lipinski definition) is 8. The second-order valence-corrected chi connectivity index (χ2v) is 10.00. The molecule has 0 bridgehead atoms. The van der Waals surface area contributed by atoms with Gasteiger partial charge in [-0.3, -0.25) is 28.9 Å². The van der Waals surface area contributed by atoms with Crippen LogP contribution in [0.4, 0.5) is 4.79 Å². The number of carbonyl (C=O) groups excluding carboxylic acids is 1. The smallest absolute Gasteiger partial charge is 0.407 e. The first-order valence-corrected chi connectivity index (χ1v) is 13.9. The predicted octanol–water partition coefficient (Wildman–Crippen LogP) is 0.945. The van der Waals surface area contributed by atoms with Crippen molar-refractivity contribution in [2.75, 3.05) is 72.5 Å². The van der Waals surface area contributed by atoms with Crippen LogP contribution in [0.5, 0.6) is 0 Å². The largest absolute Gasteiger partial charge is 0.480 e. The van der Waals surface area contributed by atoms with Gasteiger partial charge in [-0.1, -0.05) is 26.0 Å². The number of nitrogens with one attached hydrogen (secondary N) is 1. The van der Waals surface area contributed by atoms with Crippen LogP contribution in [0.2, 0.25) is 0 Å². The Hall–Kier alpha value is -2.83. The van der Waals surface area contributed by atoms with Crippen LogP contribution in [0.3, 0.4) is 0 Å². The van der Waals surface area contributed by atoms with E-state index in [1.54, 1.807) is 38.7 Å². The Labute approximate surface area is 224 Å². The van der Waals surface area contributed by atoms with E-state index >= 15 is 0 Å². The molecule has 2 amide bonds. The first-order valence-electron chi connectivity index (χ1n) is 12.5. The molecule has 1 heterocycles. The molecule has 0 radical (unpaired) electrons. The fourth-order valence-electron chi connectivity index (χ4n) is 3.78. The molecule has 1 saturated heterocycles. The third-order valence-electron chi connectivity index (χ3n) is 5.80. The van der Waals surface area contributed by atoms with Crippen molar-refractivity contribution in [3.05, 3.63) is 35.4 Å². The van der Waals surface area contributed by atoms with Crippen molar-refractivity contribution in [2.45, 2.75) is 20.0 Å². The summed E-state index contributed by atoms with van der Waals surface area (Å²) in [5.74, 6) is -2.28. The highest BCUT2D eigenvalue weighted by Gasteiger charge is 2.24. The number of carboxylic acids is 2. The predicted molar refractivity (Wildman–Crippen MR) is 143 cm³/mol. The standard InChI is InChI=1S/C22H34N5O8P.C2H6/c1-23-21(32)18-4-2-17(3-5-18)16-36(35)27-12-9-25(15-20(30)31)7-6-24(14-19(28)29)8-10-26(11-13-27)22(33)34;1-2/h2-5,35H,6-16H2,1H3,(H,23,32)(H,28,29)(H,30,31)(H,33,34);1-2H3. The van der Waals surface area contributed by atoms with Crippen molar-refractivity contribution in [1.82, 2.24) is 24.7 Å². The van der Waals surface area contributed by atoms with Crippen LogP contribution in [0, 0.1) is 0 Å². The summed E-state index contributed by atoms with van der Waals surface area (Å²) in [4.78, 5) is 61.6. The zero-order valence-corrected chi connectivity index (χ0v) is 23.1. The molecule has 0 spiro atoms. The molecule has 1 aliphatic heterocycles. The Morgan fingerprint density at radius 3 is 1.71 bits per heavy atom. The van der Waals surface area contributed by atoms with Gasteiger partial charge in [0.25, 0.3) is 5.91 Å². The van der Waals surface area contributed by atoms with Crippen LogP contribution in [0.1, 0.15) is 29.8 Å². The number of hydrogen-bond donors (Lipinski definition) is 5. The molecule has 1 aromatic carbocycles. The summed E-state index contributed by atoms with van der Waals surface area (Å²) in [6.07, 6.45) is -0.844. The molecule has 1 unspecified atom stereocenters. The number of carbonyl (C=O) groups is 4. The van der Waals surface area contributed by atoms with Gasteiger partial charge >= 0.3 is 18.0 Å². The highest BCUT2D eigenvalue weighted by molar-refractivity contribution is 7.48. The van der Waals surface area contributed by atoms with Gasteiger partial charge in [0, 0.05) is 71.1 Å². The van der Waals surface area contributed by atoms with Gasteiger partial charge in [-0.05, 0) is 17.7 Å². The van der Waals surface area contributed by atoms with Gasteiger partial charge < -0.3 is 30.4 Å². The maximum atomic E-state index is 11.8. The highest BCUT2D eigenvalue weighted by atomic mass is 31.2. The second kappa shape index (κ2) is 17.6. The molecule has 14 heteroatoms. The maximum Gasteiger partial charge on any atom is 0.407 e. The first kappa shape index (κ1) is 33.2. The average molecular weight is 558 g/mol. The quantitative estimate of drug-likeness (QED) is 0.288. The fraction of sp³-hybridized carbons (Fsp3) is 0.583. The van der Waals surface area contributed by atoms with Gasteiger partial charge in [-0.25, -0.2) is 4.79 Å². The minimum absolute atomic E-state index is 0.0830. The molecule has 0 aromatic heterocycles. The van der Waals surface area contributed by atoms with E-state index in [1.165, 1.54) is 11.9 Å². The van der Waals surface area contributed by atoms with Crippen LogP contribution in [-0.2, 0) is 15.8 Å². The van der Waals surface area contributed by atoms with Crippen LogP contribution < -0.4 is 5.32 Å². The molecular weight excluding hydrogens is 517 g/mol. The SMILES string of the molecule is CC.CNC(=O)c1ccc(CP(O)N2CCN(CC(=O)O)CCN(CC(=O)O)CCN(C(=O)O)CC2)cc1. The van der Waals surface area contributed by atoms with E-state index in [9.17, 15) is 39.4 Å². The molecule has 0 aliphatic carbocycles. The van der Waals surface area contributed by atoms with Crippen molar-refractivity contribution in [1.29, 1.82) is 0 Å². The summed E-state index contributed by atoms with van der Waals surface area (Å²) in [7, 11) is -0.176. The summed E-state index contributed by atoms with van der Waals surface area (Å²) in [6, 6.07) is 6.84. The molecule has 214 valence electrons. The van der Waals surface area contributed by atoms with Gasteiger partial charge in [0.15, 0.2) is 0 Å². The first-order chi connectivity index (χ1) is 18.1. The molecular formula is C24H40N5O8P. The zero-order valence-electron chi connectivity index (χ0n) is 22.2. The molecule has 1 fully saturated rings. The number of nitrogens with zero attached hydrogens (tertiary/aromatic N) is 4. The third kappa shape index (κ3) is 12.1. The van der Waals surface area contributed by atoms with Crippen molar-refractivity contribution in [3.63, 3.8) is 0 Å². The van der Waals surface area contributed by atoms with E-state index in [-0.39, 0.29) is 58.3 Å². The van der Waals surface area contributed by atoms with Crippen molar-refractivity contribution >= 4 is 32.2 Å². The third-order valence-corrected chi connectivity index (χ3v) is 7.50. The maximum absolute atomic E-state index is 11.8. The monoisotopic (exact) mass is 557 g/mol. The molecule has 1 aliphatic rings. The summed E-state index contributed by atoms with van der Waals surface area (Å²) < 4.78 is 1.77. The second-order valence-electron chi connectivity index (χ2n) is 8.37. The normalized spacial score (nSPS) is 17.2. The minimum Gasteiger partial charge on any atom is -0.480 e. The summed E-state index contributed by atoms with van der Waals surface area (Å²) >= 11 is 0. The Kier molecular flexibility index (Phi) is 15.4. The molecule has 0 saturated carbocycles. The molecule has 2 rings (SSSR count). The lowest BCUT2D eigenvalue weighted by molar-refractivity contribution is -0.140. The lowest BCUT2D eigenvalue weighted by Crippen LogP contribution is -2.47. The van der Waals surface area contributed by atoms with Gasteiger partial charge in [-0.15, -0.1) is 0 Å². The van der Waals surface area contributed by atoms with E-state index in [4.69, 9.17) is 0 Å². The van der Waals surface area contributed by atoms with Crippen LogP contribution in [-0.4, -0.2) is 136 Å². The summed E-state index contributed by atoms with van der Waals surface area (Å²) in [6.45, 7) is 5.23. The number of rotatable bonds is 8. The van der Waals surface area contributed by atoms with Gasteiger partial charge in [0.1, 0.15) is 8.30 Å². The number of benzene rings is 1. The average Bonchev–Trinajstić information content (AvgIpc) is 2.87. The Morgan fingerprint density at radius 1 is 0.789 bits per heavy atom. The highest BCUT2D eigenvalue weighted by Crippen LogP contribution is 2.39. The van der Waals surface area contributed by atoms with Gasteiger partial charge in [-0.2, -0.15) is 0 Å². The Bertz CT molecular complexity index is 904. The van der Waals surface area contributed by atoms with Gasteiger partial charge in [0.05, 0.1) is 13.1 Å². The molecule has 13 nitrogen and oxygen atoms in total. The number of aliphatic carboxylic acids is 2. The Morgan fingerprint density at radius 2 is 1.24 bits per heavy atom. The van der Waals surface area contributed by atoms with Crippen molar-refractivity contribution < 1.29 is 39.4 Å². The van der Waals surface area contributed by atoms with E-state index in [0.29, 0.717) is 24.8 Å². The van der Waals surface area contributed by atoms with Crippen molar-refractivity contribution in [3.8, 4) is 0 Å². The summed E-state index contributed by atoms with van der Waals surface area (Å²) in [5, 5.41) is 30.6. The molecule has 5 N–H and O–H groups in total. The van der Waals surface area contributed by atoms with Crippen LogP contribution >= 0.6 is 8.30 Å². The van der Waals surface area contributed by atoms with Crippen LogP contribution in [0.25, 0.3) is 0 Å². The zero-order chi connectivity index (χ0) is 28.7. The minimum atomic E-state index is -1.72. The molecule has 1 aromatic rings. The van der Waals surface area contributed by atoms with E-state index in [2.05, 4.69) is 5.32 Å². The number of carboxylic acid groups (broad SMARTS) is 3. The lowest BCUT2D eigenvalue weighted by Gasteiger charge is -2.34. The summed E-state index contributed by atoms with van der Waals surface area (Å²) in [5.41, 5.74) is 1.30. The lowest BCUT2D eigenvalue weighted by atomic mass is 10.1. The molecule has 38 heavy (non-hydrogen) atoms. The van der Waals surface area contributed by atoms with Gasteiger partial charge in [0.2, 0.25) is 0 Å². The van der Waals surface area contributed by atoms with E-state index < -0.39 is 26.3 Å².